The predicted octanol–water partition coefficient (Wildman–Crippen LogP) is 4.23. The number of benzene rings is 2. The van der Waals surface area contributed by atoms with Crippen molar-refractivity contribution in [3.63, 3.8) is 0 Å². The van der Waals surface area contributed by atoms with Crippen LogP contribution >= 0.6 is 11.3 Å². The van der Waals surface area contributed by atoms with Crippen LogP contribution in [-0.4, -0.2) is 18.0 Å². The van der Waals surface area contributed by atoms with Crippen molar-refractivity contribution in [3.05, 3.63) is 64.0 Å². The van der Waals surface area contributed by atoms with E-state index in [1.807, 2.05) is 25.1 Å². The minimum atomic E-state index is -0.514. The monoisotopic (exact) mass is 380 g/mol. The number of carbonyl (C=O) groups is 1. The van der Waals surface area contributed by atoms with Gasteiger partial charge in [0.05, 0.1) is 22.7 Å². The number of rotatable bonds is 4. The van der Waals surface area contributed by atoms with E-state index in [0.29, 0.717) is 16.1 Å². The number of thiazole rings is 1. The minimum Gasteiger partial charge on any atom is -0.497 e. The number of nitrogens with zero attached hydrogens (tertiary/aromatic N) is 1. The van der Waals surface area contributed by atoms with Crippen molar-refractivity contribution < 1.29 is 13.9 Å². The van der Waals surface area contributed by atoms with Gasteiger partial charge in [-0.1, -0.05) is 24.3 Å². The third-order valence-corrected chi connectivity index (χ3v) is 5.17. The molecule has 0 radical (unpaired) electrons. The highest BCUT2D eigenvalue weighted by molar-refractivity contribution is 7.22. The summed E-state index contributed by atoms with van der Waals surface area (Å²) in [5, 5.41) is 3.59. The number of ether oxygens (including phenoxy) is 1. The maximum absolute atomic E-state index is 12.5. The molecular formula is C20H16N2O4S. The van der Waals surface area contributed by atoms with Crippen molar-refractivity contribution in [1.82, 2.24) is 4.98 Å². The van der Waals surface area contributed by atoms with Crippen molar-refractivity contribution in [1.29, 1.82) is 0 Å². The second-order valence-corrected chi connectivity index (χ2v) is 7.00. The lowest BCUT2D eigenvalue weighted by Crippen LogP contribution is -2.14. The largest absolute Gasteiger partial charge is 0.497 e. The average Bonchev–Trinajstić information content (AvgIpc) is 3.08. The van der Waals surface area contributed by atoms with Gasteiger partial charge in [-0.15, -0.1) is 0 Å². The highest BCUT2D eigenvalue weighted by atomic mass is 32.1. The Kier molecular flexibility index (Phi) is 4.37. The quantitative estimate of drug-likeness (QED) is 0.573. The van der Waals surface area contributed by atoms with Gasteiger partial charge in [0.15, 0.2) is 16.3 Å². The molecule has 0 aliphatic carbocycles. The highest BCUT2D eigenvalue weighted by Crippen LogP contribution is 2.29. The van der Waals surface area contributed by atoms with E-state index in [1.54, 1.807) is 25.3 Å². The number of methoxy groups -OCH3 is 1. The zero-order chi connectivity index (χ0) is 19.0. The third kappa shape index (κ3) is 3.29. The molecule has 0 spiro atoms. The normalized spacial score (nSPS) is 11.0. The Morgan fingerprint density at radius 1 is 1.22 bits per heavy atom. The average molecular weight is 380 g/mol. The van der Waals surface area contributed by atoms with E-state index in [4.69, 9.17) is 9.15 Å². The zero-order valence-electron chi connectivity index (χ0n) is 14.7. The molecule has 2 heterocycles. The molecule has 0 saturated carbocycles. The van der Waals surface area contributed by atoms with E-state index in [2.05, 4.69) is 10.3 Å². The Labute approximate surface area is 158 Å². The summed E-state index contributed by atoms with van der Waals surface area (Å²) in [6.45, 7) is 2.01. The van der Waals surface area contributed by atoms with Crippen LogP contribution in [0.15, 0.2) is 51.7 Å². The van der Waals surface area contributed by atoms with Crippen LogP contribution in [-0.2, 0) is 6.42 Å². The molecule has 7 heteroatoms. The topological polar surface area (TPSA) is 81.4 Å². The van der Waals surface area contributed by atoms with Crippen LogP contribution in [0.25, 0.3) is 21.2 Å². The van der Waals surface area contributed by atoms with Crippen molar-refractivity contribution in [2.24, 2.45) is 0 Å². The molecule has 4 aromatic rings. The van der Waals surface area contributed by atoms with E-state index in [1.165, 1.54) is 17.4 Å². The summed E-state index contributed by atoms with van der Waals surface area (Å²) < 4.78 is 11.7. The summed E-state index contributed by atoms with van der Waals surface area (Å²) in [7, 11) is 1.59. The van der Waals surface area contributed by atoms with Crippen LogP contribution in [0.4, 0.5) is 5.13 Å². The second kappa shape index (κ2) is 6.85. The molecule has 0 aliphatic heterocycles. The van der Waals surface area contributed by atoms with E-state index in [0.717, 1.165) is 28.0 Å². The standard InChI is InChI=1S/C20H16N2O4S/c1-3-11-4-7-16-13(8-11)15(23)10-17(26-16)19(24)22-20-21-14-6-5-12(25-2)9-18(14)27-20/h4-10H,3H2,1-2H3,(H,21,22,24). The summed E-state index contributed by atoms with van der Waals surface area (Å²) in [6, 6.07) is 12.1. The number of aromatic nitrogens is 1. The zero-order valence-corrected chi connectivity index (χ0v) is 15.6. The van der Waals surface area contributed by atoms with Crippen LogP contribution in [0.2, 0.25) is 0 Å². The van der Waals surface area contributed by atoms with Gasteiger partial charge in [0.1, 0.15) is 11.3 Å². The number of amides is 1. The molecular weight excluding hydrogens is 364 g/mol. The maximum atomic E-state index is 12.5. The summed E-state index contributed by atoms with van der Waals surface area (Å²) in [5.41, 5.74) is 1.93. The van der Waals surface area contributed by atoms with Gasteiger partial charge in [-0.3, -0.25) is 14.9 Å². The summed E-state index contributed by atoms with van der Waals surface area (Å²) >= 11 is 1.32. The van der Waals surface area contributed by atoms with E-state index >= 15 is 0 Å². The molecule has 2 aromatic heterocycles. The van der Waals surface area contributed by atoms with Gasteiger partial charge >= 0.3 is 0 Å². The first-order valence-electron chi connectivity index (χ1n) is 8.40. The molecule has 4 rings (SSSR count). The molecule has 0 bridgehead atoms. The first-order valence-corrected chi connectivity index (χ1v) is 9.21. The fourth-order valence-electron chi connectivity index (χ4n) is 2.78. The molecule has 0 unspecified atom stereocenters. The van der Waals surface area contributed by atoms with Gasteiger partial charge in [-0.2, -0.15) is 0 Å². The van der Waals surface area contributed by atoms with Gasteiger partial charge in [-0.25, -0.2) is 4.98 Å². The fourth-order valence-corrected chi connectivity index (χ4v) is 3.67. The van der Waals surface area contributed by atoms with Crippen LogP contribution in [0.3, 0.4) is 0 Å². The summed E-state index contributed by atoms with van der Waals surface area (Å²) in [6.07, 6.45) is 0.819. The number of hydrogen-bond donors (Lipinski definition) is 1. The highest BCUT2D eigenvalue weighted by Gasteiger charge is 2.15. The van der Waals surface area contributed by atoms with Gasteiger partial charge in [-0.05, 0) is 42.3 Å². The second-order valence-electron chi connectivity index (χ2n) is 5.97. The summed E-state index contributed by atoms with van der Waals surface area (Å²) in [4.78, 5) is 29.3. The van der Waals surface area contributed by atoms with Crippen LogP contribution in [0, 0.1) is 0 Å². The number of aryl methyl sites for hydroxylation is 1. The van der Waals surface area contributed by atoms with Gasteiger partial charge in [0, 0.05) is 6.07 Å². The van der Waals surface area contributed by atoms with Crippen molar-refractivity contribution in [2.45, 2.75) is 13.3 Å². The fraction of sp³-hybridized carbons (Fsp3) is 0.150. The molecule has 0 fully saturated rings. The molecule has 1 N–H and O–H groups in total. The molecule has 0 saturated heterocycles. The van der Waals surface area contributed by atoms with Crippen LogP contribution in [0.1, 0.15) is 23.0 Å². The Morgan fingerprint density at radius 2 is 2.07 bits per heavy atom. The predicted molar refractivity (Wildman–Crippen MR) is 106 cm³/mol. The van der Waals surface area contributed by atoms with Crippen molar-refractivity contribution in [3.8, 4) is 5.75 Å². The van der Waals surface area contributed by atoms with E-state index in [-0.39, 0.29) is 11.2 Å². The Balaban J connectivity index is 1.65. The molecule has 136 valence electrons. The van der Waals surface area contributed by atoms with Crippen molar-refractivity contribution >= 4 is 43.6 Å². The SMILES string of the molecule is CCc1ccc2oc(C(=O)Nc3nc4ccc(OC)cc4s3)cc(=O)c2c1. The Bertz CT molecular complexity index is 1230. The molecule has 27 heavy (non-hydrogen) atoms. The Hall–Kier alpha value is -3.19. The van der Waals surface area contributed by atoms with Crippen LogP contribution < -0.4 is 15.5 Å². The first kappa shape index (κ1) is 17.2. The molecule has 1 amide bonds. The Morgan fingerprint density at radius 3 is 2.85 bits per heavy atom. The van der Waals surface area contributed by atoms with Crippen molar-refractivity contribution in [2.75, 3.05) is 12.4 Å². The lowest BCUT2D eigenvalue weighted by Gasteiger charge is -2.04. The molecule has 0 atom stereocenters. The number of carbonyl (C=O) groups excluding carboxylic acids is 1. The number of nitrogens with one attached hydrogen (secondary N) is 1. The minimum absolute atomic E-state index is 0.0476. The van der Waals surface area contributed by atoms with E-state index < -0.39 is 5.91 Å². The van der Waals surface area contributed by atoms with Gasteiger partial charge in [0.25, 0.3) is 5.91 Å². The number of anilines is 1. The van der Waals surface area contributed by atoms with Gasteiger partial charge in [0.2, 0.25) is 0 Å². The third-order valence-electron chi connectivity index (χ3n) is 4.24. The van der Waals surface area contributed by atoms with Gasteiger partial charge < -0.3 is 9.15 Å². The van der Waals surface area contributed by atoms with Crippen LogP contribution in [0.5, 0.6) is 5.75 Å². The van der Waals surface area contributed by atoms with E-state index in [9.17, 15) is 9.59 Å². The number of fused-ring (bicyclic) bond motifs is 2. The smallest absolute Gasteiger partial charge is 0.293 e. The lowest BCUT2D eigenvalue weighted by atomic mass is 10.1. The lowest BCUT2D eigenvalue weighted by molar-refractivity contribution is 0.0997. The first-order chi connectivity index (χ1) is 13.1. The molecule has 0 aliphatic rings. The maximum Gasteiger partial charge on any atom is 0.293 e. The number of hydrogen-bond acceptors (Lipinski definition) is 6. The molecule has 2 aromatic carbocycles. The molecule has 6 nitrogen and oxygen atoms in total. The summed E-state index contributed by atoms with van der Waals surface area (Å²) in [5.74, 6) is 0.157.